The first-order valence-electron chi connectivity index (χ1n) is 6.50. The molecule has 1 N–H and O–H groups in total. The lowest BCUT2D eigenvalue weighted by molar-refractivity contribution is -0.122. The molecule has 3 heteroatoms. The Kier molecular flexibility index (Phi) is 3.53. The Labute approximate surface area is 98.6 Å². The van der Waals surface area contributed by atoms with Crippen molar-refractivity contribution >= 4 is 5.91 Å². The molecule has 2 rings (SSSR count). The summed E-state index contributed by atoms with van der Waals surface area (Å²) in [4.78, 5) is 13.6. The van der Waals surface area contributed by atoms with Gasteiger partial charge in [-0.3, -0.25) is 4.79 Å². The highest BCUT2D eigenvalue weighted by Gasteiger charge is 2.42. The molecule has 3 nitrogen and oxygen atoms in total. The smallest absolute Gasteiger partial charge is 0.234 e. The van der Waals surface area contributed by atoms with Gasteiger partial charge in [0.05, 0.1) is 6.54 Å². The van der Waals surface area contributed by atoms with Crippen LogP contribution < -0.4 is 5.32 Å². The molecule has 2 bridgehead atoms. The first-order valence-corrected chi connectivity index (χ1v) is 6.50. The Morgan fingerprint density at radius 2 is 2.12 bits per heavy atom. The van der Waals surface area contributed by atoms with Crippen LogP contribution >= 0.6 is 0 Å². The number of likely N-dealkylation sites (N-methyl/N-ethyl adjacent to an activating group) is 1. The molecule has 0 radical (unpaired) electrons. The second-order valence-electron chi connectivity index (χ2n) is 5.93. The second kappa shape index (κ2) is 4.74. The lowest BCUT2D eigenvalue weighted by Crippen LogP contribution is -2.43. The van der Waals surface area contributed by atoms with Gasteiger partial charge in [-0.05, 0) is 58.0 Å². The number of hydrogen-bond acceptors (Lipinski definition) is 2. The lowest BCUT2D eigenvalue weighted by Gasteiger charge is -2.28. The number of carbonyl (C=O) groups is 1. The van der Waals surface area contributed by atoms with Crippen molar-refractivity contribution in [1.29, 1.82) is 0 Å². The summed E-state index contributed by atoms with van der Waals surface area (Å²) in [5, 5.41) is 3.16. The van der Waals surface area contributed by atoms with Gasteiger partial charge in [0.1, 0.15) is 0 Å². The molecular weight excluding hydrogens is 200 g/mol. The fraction of sp³-hybridized carbons (Fsp3) is 0.923. The summed E-state index contributed by atoms with van der Waals surface area (Å²) in [5.41, 5.74) is 0. The third-order valence-electron chi connectivity index (χ3n) is 4.28. The zero-order valence-corrected chi connectivity index (χ0v) is 10.7. The van der Waals surface area contributed by atoms with E-state index in [1.165, 1.54) is 25.7 Å². The Morgan fingerprint density at radius 3 is 2.62 bits per heavy atom. The van der Waals surface area contributed by atoms with Crippen LogP contribution in [0.1, 0.15) is 32.6 Å². The number of rotatable bonds is 4. The molecule has 92 valence electrons. The van der Waals surface area contributed by atoms with Crippen molar-refractivity contribution in [1.82, 2.24) is 10.2 Å². The van der Waals surface area contributed by atoms with E-state index in [2.05, 4.69) is 12.2 Å². The fourth-order valence-electron chi connectivity index (χ4n) is 3.60. The minimum atomic E-state index is 0.167. The van der Waals surface area contributed by atoms with Crippen molar-refractivity contribution in [2.45, 2.75) is 38.6 Å². The molecule has 2 fully saturated rings. The van der Waals surface area contributed by atoms with Crippen molar-refractivity contribution in [2.75, 3.05) is 20.6 Å². The highest BCUT2D eigenvalue weighted by Crippen LogP contribution is 2.49. The molecule has 1 amide bonds. The van der Waals surface area contributed by atoms with Gasteiger partial charge in [-0.25, -0.2) is 0 Å². The van der Waals surface area contributed by atoms with Crippen molar-refractivity contribution in [3.8, 4) is 0 Å². The summed E-state index contributed by atoms with van der Waals surface area (Å²) in [6, 6.07) is 0.364. The predicted molar refractivity (Wildman–Crippen MR) is 65.1 cm³/mol. The van der Waals surface area contributed by atoms with Crippen LogP contribution in [0.3, 0.4) is 0 Å². The molecule has 0 aromatic rings. The van der Waals surface area contributed by atoms with Crippen molar-refractivity contribution in [3.63, 3.8) is 0 Å². The summed E-state index contributed by atoms with van der Waals surface area (Å²) in [5.74, 6) is 2.76. The maximum absolute atomic E-state index is 11.7. The molecule has 0 aromatic carbocycles. The largest absolute Gasteiger partial charge is 0.352 e. The summed E-state index contributed by atoms with van der Waals surface area (Å²) >= 11 is 0. The number of fused-ring (bicyclic) bond motifs is 2. The van der Waals surface area contributed by atoms with Gasteiger partial charge in [-0.15, -0.1) is 0 Å². The van der Waals surface area contributed by atoms with Gasteiger partial charge in [0.25, 0.3) is 0 Å². The van der Waals surface area contributed by atoms with Crippen molar-refractivity contribution in [3.05, 3.63) is 0 Å². The standard InChI is InChI=1S/C13H24N2O/c1-9(14-13(16)8-15(2)3)12-7-10-4-5-11(12)6-10/h9-12H,4-8H2,1-3H3,(H,14,16)/t9-,10-,11-,12+/m0/s1. The molecule has 0 aromatic heterocycles. The third-order valence-corrected chi connectivity index (χ3v) is 4.28. The predicted octanol–water partition coefficient (Wildman–Crippen LogP) is 1.49. The fourth-order valence-corrected chi connectivity index (χ4v) is 3.60. The Hall–Kier alpha value is -0.570. The molecular formula is C13H24N2O. The maximum Gasteiger partial charge on any atom is 0.234 e. The summed E-state index contributed by atoms with van der Waals surface area (Å²) in [6.45, 7) is 2.68. The SMILES string of the molecule is C[C@H](NC(=O)CN(C)C)[C@H]1C[C@H]2CC[C@H]1C2. The number of amides is 1. The summed E-state index contributed by atoms with van der Waals surface area (Å²) in [7, 11) is 3.86. The van der Waals surface area contributed by atoms with E-state index in [0.717, 1.165) is 17.8 Å². The Balaban J connectivity index is 1.80. The molecule has 16 heavy (non-hydrogen) atoms. The first-order chi connectivity index (χ1) is 7.56. The Morgan fingerprint density at radius 1 is 1.38 bits per heavy atom. The first kappa shape index (κ1) is 11.9. The topological polar surface area (TPSA) is 32.3 Å². The quantitative estimate of drug-likeness (QED) is 0.784. The van der Waals surface area contributed by atoms with Crippen LogP contribution in [0.5, 0.6) is 0 Å². The van der Waals surface area contributed by atoms with Gasteiger partial charge in [-0.1, -0.05) is 6.42 Å². The zero-order valence-electron chi connectivity index (χ0n) is 10.7. The van der Waals surface area contributed by atoms with Gasteiger partial charge < -0.3 is 10.2 Å². The normalized spacial score (nSPS) is 34.4. The lowest BCUT2D eigenvalue weighted by atomic mass is 9.84. The van der Waals surface area contributed by atoms with Crippen molar-refractivity contribution < 1.29 is 4.79 Å². The molecule has 2 aliphatic carbocycles. The molecule has 0 aliphatic heterocycles. The van der Waals surface area contributed by atoms with Gasteiger partial charge in [0, 0.05) is 6.04 Å². The van der Waals surface area contributed by atoms with Gasteiger partial charge in [0.2, 0.25) is 5.91 Å². The highest BCUT2D eigenvalue weighted by molar-refractivity contribution is 5.78. The zero-order chi connectivity index (χ0) is 11.7. The third kappa shape index (κ3) is 2.57. The Bertz CT molecular complexity index is 265. The van der Waals surface area contributed by atoms with Gasteiger partial charge >= 0.3 is 0 Å². The van der Waals surface area contributed by atoms with Crippen LogP contribution in [0.25, 0.3) is 0 Å². The van der Waals surface area contributed by atoms with Crippen LogP contribution in [0.15, 0.2) is 0 Å². The van der Waals surface area contributed by atoms with E-state index in [-0.39, 0.29) is 5.91 Å². The molecule has 2 saturated carbocycles. The minimum absolute atomic E-state index is 0.167. The monoisotopic (exact) mass is 224 g/mol. The molecule has 2 aliphatic rings. The minimum Gasteiger partial charge on any atom is -0.352 e. The number of hydrogen-bond donors (Lipinski definition) is 1. The van der Waals surface area contributed by atoms with Gasteiger partial charge in [-0.2, -0.15) is 0 Å². The van der Waals surface area contributed by atoms with E-state index in [4.69, 9.17) is 0 Å². The van der Waals surface area contributed by atoms with Crippen LogP contribution in [0.4, 0.5) is 0 Å². The van der Waals surface area contributed by atoms with E-state index < -0.39 is 0 Å². The van der Waals surface area contributed by atoms with E-state index in [0.29, 0.717) is 12.6 Å². The molecule has 0 spiro atoms. The summed E-state index contributed by atoms with van der Waals surface area (Å²) < 4.78 is 0. The number of nitrogens with one attached hydrogen (secondary N) is 1. The van der Waals surface area contributed by atoms with Gasteiger partial charge in [0.15, 0.2) is 0 Å². The second-order valence-corrected chi connectivity index (χ2v) is 5.93. The van der Waals surface area contributed by atoms with E-state index in [1.807, 2.05) is 19.0 Å². The van der Waals surface area contributed by atoms with Crippen molar-refractivity contribution in [2.24, 2.45) is 17.8 Å². The maximum atomic E-state index is 11.7. The average molecular weight is 224 g/mol. The van der Waals surface area contributed by atoms with Crippen LogP contribution in [-0.4, -0.2) is 37.5 Å². The van der Waals surface area contributed by atoms with E-state index >= 15 is 0 Å². The van der Waals surface area contributed by atoms with E-state index in [9.17, 15) is 4.79 Å². The van der Waals surface area contributed by atoms with Crippen LogP contribution in [0.2, 0.25) is 0 Å². The molecule has 0 unspecified atom stereocenters. The van der Waals surface area contributed by atoms with Crippen LogP contribution in [-0.2, 0) is 4.79 Å². The highest BCUT2D eigenvalue weighted by atomic mass is 16.2. The van der Waals surface area contributed by atoms with E-state index in [1.54, 1.807) is 0 Å². The average Bonchev–Trinajstić information content (AvgIpc) is 2.76. The summed E-state index contributed by atoms with van der Waals surface area (Å²) in [6.07, 6.45) is 5.58. The molecule has 0 saturated heterocycles. The number of nitrogens with zero attached hydrogens (tertiary/aromatic N) is 1. The molecule has 4 atom stereocenters. The van der Waals surface area contributed by atoms with Crippen LogP contribution in [0, 0.1) is 17.8 Å². The molecule has 0 heterocycles. The number of carbonyl (C=O) groups excluding carboxylic acids is 1.